The van der Waals surface area contributed by atoms with Crippen LogP contribution in [0.15, 0.2) is 0 Å². The number of amides is 1. The summed E-state index contributed by atoms with van der Waals surface area (Å²) in [6, 6.07) is 0.410. The van der Waals surface area contributed by atoms with E-state index in [1.165, 1.54) is 19.3 Å². The molecule has 24 heavy (non-hydrogen) atoms. The third kappa shape index (κ3) is 3.96. The lowest BCUT2D eigenvalue weighted by atomic mass is 9.96. The van der Waals surface area contributed by atoms with Crippen LogP contribution in [-0.4, -0.2) is 63.0 Å². The summed E-state index contributed by atoms with van der Waals surface area (Å²) >= 11 is 0. The zero-order valence-corrected chi connectivity index (χ0v) is 14.9. The van der Waals surface area contributed by atoms with Crippen LogP contribution in [0.3, 0.4) is 0 Å². The van der Waals surface area contributed by atoms with Gasteiger partial charge in [0.25, 0.3) is 0 Å². The number of piperazine rings is 1. The summed E-state index contributed by atoms with van der Waals surface area (Å²) in [7, 11) is 0. The number of carbonyl (C=O) groups excluding carboxylic acids is 1. The minimum absolute atomic E-state index is 0.242. The molecular weight excluding hydrogens is 308 g/mol. The number of hydrogen-bond acceptors (Lipinski definition) is 6. The summed E-state index contributed by atoms with van der Waals surface area (Å²) in [6.45, 7) is 8.38. The molecule has 1 aromatic heterocycles. The van der Waals surface area contributed by atoms with E-state index >= 15 is 0 Å². The fourth-order valence-electron chi connectivity index (χ4n) is 3.37. The molecule has 2 heterocycles. The molecule has 0 spiro atoms. The summed E-state index contributed by atoms with van der Waals surface area (Å²) in [5, 5.41) is 12.4. The number of nitrogens with zero attached hydrogens (tertiary/aromatic N) is 6. The Morgan fingerprint density at radius 2 is 1.75 bits per heavy atom. The van der Waals surface area contributed by atoms with Crippen LogP contribution in [0, 0.1) is 0 Å². The molecule has 1 aliphatic heterocycles. The van der Waals surface area contributed by atoms with Gasteiger partial charge in [-0.05, 0) is 44.0 Å². The Hall–Kier alpha value is -1.86. The predicted octanol–water partition coefficient (Wildman–Crippen LogP) is 2.24. The maximum Gasteiger partial charge on any atom is 0.410 e. The van der Waals surface area contributed by atoms with Crippen LogP contribution in [0.4, 0.5) is 10.7 Å². The van der Waals surface area contributed by atoms with E-state index in [9.17, 15) is 4.79 Å². The molecule has 1 amide bonds. The van der Waals surface area contributed by atoms with Gasteiger partial charge in [-0.3, -0.25) is 0 Å². The number of aromatic nitrogens is 4. The number of ether oxygens (including phenoxy) is 1. The highest BCUT2D eigenvalue weighted by Gasteiger charge is 2.29. The van der Waals surface area contributed by atoms with Crippen LogP contribution in [0.1, 0.15) is 58.9 Å². The van der Waals surface area contributed by atoms with Gasteiger partial charge in [-0.25, -0.2) is 9.48 Å². The van der Waals surface area contributed by atoms with Gasteiger partial charge >= 0.3 is 6.09 Å². The van der Waals surface area contributed by atoms with E-state index in [0.29, 0.717) is 19.1 Å². The van der Waals surface area contributed by atoms with Gasteiger partial charge < -0.3 is 14.5 Å². The molecule has 0 atom stereocenters. The van der Waals surface area contributed by atoms with Crippen molar-refractivity contribution in [3.8, 4) is 0 Å². The molecule has 8 nitrogen and oxygen atoms in total. The zero-order valence-electron chi connectivity index (χ0n) is 14.9. The van der Waals surface area contributed by atoms with E-state index < -0.39 is 5.60 Å². The Balaban J connectivity index is 1.59. The lowest BCUT2D eigenvalue weighted by Crippen LogP contribution is -2.50. The van der Waals surface area contributed by atoms with Crippen LogP contribution in [-0.2, 0) is 4.74 Å². The maximum absolute atomic E-state index is 12.2. The average molecular weight is 336 g/mol. The molecule has 0 radical (unpaired) electrons. The number of hydrogen-bond donors (Lipinski definition) is 0. The van der Waals surface area contributed by atoms with E-state index in [-0.39, 0.29) is 6.09 Å². The van der Waals surface area contributed by atoms with Crippen molar-refractivity contribution in [2.24, 2.45) is 0 Å². The fraction of sp³-hybridized carbons (Fsp3) is 0.875. The lowest BCUT2D eigenvalue weighted by Gasteiger charge is -2.36. The summed E-state index contributed by atoms with van der Waals surface area (Å²) in [5.41, 5.74) is -0.459. The highest BCUT2D eigenvalue weighted by atomic mass is 16.6. The molecule has 0 bridgehead atoms. The predicted molar refractivity (Wildman–Crippen MR) is 90.0 cm³/mol. The van der Waals surface area contributed by atoms with Crippen molar-refractivity contribution in [3.63, 3.8) is 0 Å². The van der Waals surface area contributed by atoms with Crippen molar-refractivity contribution in [1.82, 2.24) is 25.1 Å². The second-order valence-electron chi connectivity index (χ2n) is 7.67. The first-order valence-corrected chi connectivity index (χ1v) is 8.95. The lowest BCUT2D eigenvalue weighted by molar-refractivity contribution is 0.0239. The first-order valence-electron chi connectivity index (χ1n) is 8.95. The third-order valence-electron chi connectivity index (χ3n) is 4.61. The molecule has 2 aliphatic rings. The van der Waals surface area contributed by atoms with E-state index in [1.54, 1.807) is 4.90 Å². The Bertz CT molecular complexity index is 553. The maximum atomic E-state index is 12.2. The van der Waals surface area contributed by atoms with Crippen molar-refractivity contribution in [3.05, 3.63) is 0 Å². The molecule has 2 fully saturated rings. The molecule has 0 aromatic carbocycles. The first kappa shape index (κ1) is 17.0. The quantitative estimate of drug-likeness (QED) is 0.824. The van der Waals surface area contributed by atoms with E-state index in [0.717, 1.165) is 31.9 Å². The van der Waals surface area contributed by atoms with Gasteiger partial charge in [-0.1, -0.05) is 24.4 Å². The van der Waals surface area contributed by atoms with Crippen LogP contribution in [0.25, 0.3) is 0 Å². The zero-order chi connectivity index (χ0) is 17.2. The monoisotopic (exact) mass is 336 g/mol. The Labute approximate surface area is 143 Å². The molecule has 3 rings (SSSR count). The van der Waals surface area contributed by atoms with Gasteiger partial charge in [0.2, 0.25) is 5.95 Å². The molecule has 1 saturated carbocycles. The molecule has 0 N–H and O–H groups in total. The minimum Gasteiger partial charge on any atom is -0.444 e. The summed E-state index contributed by atoms with van der Waals surface area (Å²) < 4.78 is 7.43. The standard InChI is InChI=1S/C16H28N6O2/c1-16(2,3)24-15(23)21-11-9-20(10-12-21)14-17-18-19-22(14)13-7-5-4-6-8-13/h13H,4-12H2,1-3H3. The molecule has 1 aliphatic carbocycles. The molecule has 1 saturated heterocycles. The van der Waals surface area contributed by atoms with Crippen LogP contribution >= 0.6 is 0 Å². The summed E-state index contributed by atoms with van der Waals surface area (Å²) in [5.74, 6) is 0.839. The Morgan fingerprint density at radius 1 is 1.08 bits per heavy atom. The van der Waals surface area contributed by atoms with Crippen molar-refractivity contribution in [2.75, 3.05) is 31.1 Å². The van der Waals surface area contributed by atoms with Crippen molar-refractivity contribution < 1.29 is 9.53 Å². The fourth-order valence-corrected chi connectivity index (χ4v) is 3.37. The van der Waals surface area contributed by atoms with Gasteiger partial charge in [0.15, 0.2) is 0 Å². The Morgan fingerprint density at radius 3 is 2.38 bits per heavy atom. The topological polar surface area (TPSA) is 76.4 Å². The summed E-state index contributed by atoms with van der Waals surface area (Å²) in [6.07, 6.45) is 5.86. The van der Waals surface area contributed by atoms with Crippen molar-refractivity contribution in [1.29, 1.82) is 0 Å². The first-order chi connectivity index (χ1) is 11.4. The van der Waals surface area contributed by atoms with Gasteiger partial charge in [0, 0.05) is 26.2 Å². The van der Waals surface area contributed by atoms with E-state index in [2.05, 4.69) is 20.4 Å². The normalized spacial score (nSPS) is 20.3. The van der Waals surface area contributed by atoms with Gasteiger partial charge in [0.1, 0.15) is 5.60 Å². The SMILES string of the molecule is CC(C)(C)OC(=O)N1CCN(c2nnnn2C2CCCCC2)CC1. The average Bonchev–Trinajstić information content (AvgIpc) is 3.04. The molecule has 1 aromatic rings. The molecule has 8 heteroatoms. The van der Waals surface area contributed by atoms with Gasteiger partial charge in [0.05, 0.1) is 6.04 Å². The second kappa shape index (κ2) is 6.94. The van der Waals surface area contributed by atoms with E-state index in [4.69, 9.17) is 4.74 Å². The number of rotatable bonds is 2. The largest absolute Gasteiger partial charge is 0.444 e. The third-order valence-corrected chi connectivity index (χ3v) is 4.61. The van der Waals surface area contributed by atoms with E-state index in [1.807, 2.05) is 25.5 Å². The number of carbonyl (C=O) groups is 1. The van der Waals surface area contributed by atoms with Gasteiger partial charge in [-0.15, -0.1) is 0 Å². The second-order valence-corrected chi connectivity index (χ2v) is 7.67. The minimum atomic E-state index is -0.459. The molecule has 0 unspecified atom stereocenters. The van der Waals surface area contributed by atoms with Gasteiger partial charge in [-0.2, -0.15) is 0 Å². The Kier molecular flexibility index (Phi) is 4.91. The van der Waals surface area contributed by atoms with Crippen LogP contribution < -0.4 is 4.90 Å². The number of tetrazole rings is 1. The molecule has 134 valence electrons. The van der Waals surface area contributed by atoms with Crippen molar-refractivity contribution in [2.45, 2.75) is 64.5 Å². The smallest absolute Gasteiger partial charge is 0.410 e. The molecular formula is C16H28N6O2. The van der Waals surface area contributed by atoms with Crippen LogP contribution in [0.5, 0.6) is 0 Å². The number of anilines is 1. The van der Waals surface area contributed by atoms with Crippen molar-refractivity contribution >= 4 is 12.0 Å². The van der Waals surface area contributed by atoms with Crippen LogP contribution in [0.2, 0.25) is 0 Å². The highest BCUT2D eigenvalue weighted by molar-refractivity contribution is 5.68. The summed E-state index contributed by atoms with van der Waals surface area (Å²) in [4.78, 5) is 16.1. The highest BCUT2D eigenvalue weighted by Crippen LogP contribution is 2.30.